The SMILES string of the molecule is Cc1ccc2nc(-c3cccc(O)c3)cc(-c3ccccc3)c2c1. The van der Waals surface area contributed by atoms with Gasteiger partial charge in [0, 0.05) is 10.9 Å². The molecule has 24 heavy (non-hydrogen) atoms. The Labute approximate surface area is 141 Å². The number of fused-ring (bicyclic) bond motifs is 1. The number of rotatable bonds is 2. The zero-order valence-electron chi connectivity index (χ0n) is 13.4. The normalized spacial score (nSPS) is 10.9. The van der Waals surface area contributed by atoms with Gasteiger partial charge in [-0.1, -0.05) is 54.1 Å². The van der Waals surface area contributed by atoms with E-state index in [2.05, 4.69) is 43.3 Å². The van der Waals surface area contributed by atoms with Crippen molar-refractivity contribution in [3.8, 4) is 28.1 Å². The number of benzene rings is 3. The second-order valence-corrected chi connectivity index (χ2v) is 5.99. The molecular formula is C22H17NO. The Balaban J connectivity index is 2.03. The third-order valence-electron chi connectivity index (χ3n) is 4.19. The fraction of sp³-hybridized carbons (Fsp3) is 0.0455. The van der Waals surface area contributed by atoms with Crippen molar-refractivity contribution < 1.29 is 5.11 Å². The predicted octanol–water partition coefficient (Wildman–Crippen LogP) is 5.58. The maximum atomic E-state index is 9.78. The third kappa shape index (κ3) is 2.63. The minimum atomic E-state index is 0.250. The van der Waals surface area contributed by atoms with Gasteiger partial charge in [-0.3, -0.25) is 0 Å². The van der Waals surface area contributed by atoms with Crippen LogP contribution in [0.2, 0.25) is 0 Å². The van der Waals surface area contributed by atoms with Crippen LogP contribution in [0.25, 0.3) is 33.3 Å². The molecule has 116 valence electrons. The maximum Gasteiger partial charge on any atom is 0.116 e. The highest BCUT2D eigenvalue weighted by Gasteiger charge is 2.10. The lowest BCUT2D eigenvalue weighted by Gasteiger charge is -2.11. The lowest BCUT2D eigenvalue weighted by atomic mass is 9.97. The summed E-state index contributed by atoms with van der Waals surface area (Å²) in [5.41, 5.74) is 6.27. The Bertz CT molecular complexity index is 1020. The molecule has 1 aromatic heterocycles. The first kappa shape index (κ1) is 14.5. The number of nitrogens with zero attached hydrogens (tertiary/aromatic N) is 1. The summed E-state index contributed by atoms with van der Waals surface area (Å²) in [5, 5.41) is 10.9. The Morgan fingerprint density at radius 1 is 0.750 bits per heavy atom. The van der Waals surface area contributed by atoms with Gasteiger partial charge in [-0.05, 0) is 48.4 Å². The molecule has 0 fully saturated rings. The molecule has 0 spiro atoms. The monoisotopic (exact) mass is 311 g/mol. The minimum absolute atomic E-state index is 0.250. The van der Waals surface area contributed by atoms with E-state index in [0.717, 1.165) is 33.3 Å². The van der Waals surface area contributed by atoms with Crippen LogP contribution in [0.3, 0.4) is 0 Å². The third-order valence-corrected chi connectivity index (χ3v) is 4.19. The molecule has 3 aromatic carbocycles. The number of aromatic hydroxyl groups is 1. The van der Waals surface area contributed by atoms with Crippen molar-refractivity contribution in [2.75, 3.05) is 0 Å². The van der Waals surface area contributed by atoms with E-state index in [1.54, 1.807) is 12.1 Å². The summed E-state index contributed by atoms with van der Waals surface area (Å²) < 4.78 is 0. The molecule has 0 atom stereocenters. The zero-order chi connectivity index (χ0) is 16.5. The van der Waals surface area contributed by atoms with E-state index >= 15 is 0 Å². The Hall–Kier alpha value is -3.13. The Kier molecular flexibility index (Phi) is 3.51. The van der Waals surface area contributed by atoms with Crippen LogP contribution in [-0.4, -0.2) is 10.1 Å². The average molecular weight is 311 g/mol. The second kappa shape index (κ2) is 5.82. The summed E-state index contributed by atoms with van der Waals surface area (Å²) in [6, 6.07) is 26.0. The molecule has 0 unspecified atom stereocenters. The molecule has 4 rings (SSSR count). The number of hydrogen-bond acceptors (Lipinski definition) is 2. The molecule has 2 nitrogen and oxygen atoms in total. The molecule has 0 aliphatic heterocycles. The smallest absolute Gasteiger partial charge is 0.116 e. The first-order chi connectivity index (χ1) is 11.7. The van der Waals surface area contributed by atoms with E-state index in [4.69, 9.17) is 4.98 Å². The minimum Gasteiger partial charge on any atom is -0.508 e. The lowest BCUT2D eigenvalue weighted by Crippen LogP contribution is -1.90. The van der Waals surface area contributed by atoms with Gasteiger partial charge < -0.3 is 5.11 Å². The topological polar surface area (TPSA) is 33.1 Å². The van der Waals surface area contributed by atoms with E-state index in [-0.39, 0.29) is 5.75 Å². The first-order valence-electron chi connectivity index (χ1n) is 7.97. The van der Waals surface area contributed by atoms with Crippen LogP contribution in [0, 0.1) is 6.92 Å². The quantitative estimate of drug-likeness (QED) is 0.524. The number of aryl methyl sites for hydroxylation is 1. The molecule has 0 saturated carbocycles. The average Bonchev–Trinajstić information content (AvgIpc) is 2.61. The van der Waals surface area contributed by atoms with Gasteiger partial charge in [0.15, 0.2) is 0 Å². The van der Waals surface area contributed by atoms with Gasteiger partial charge >= 0.3 is 0 Å². The van der Waals surface area contributed by atoms with Gasteiger partial charge in [-0.15, -0.1) is 0 Å². The van der Waals surface area contributed by atoms with Gasteiger partial charge in [-0.2, -0.15) is 0 Å². The van der Waals surface area contributed by atoms with Gasteiger partial charge in [-0.25, -0.2) is 4.98 Å². The van der Waals surface area contributed by atoms with E-state index in [0.29, 0.717) is 0 Å². The molecule has 0 radical (unpaired) electrons. The van der Waals surface area contributed by atoms with Crippen LogP contribution >= 0.6 is 0 Å². The second-order valence-electron chi connectivity index (χ2n) is 5.99. The van der Waals surface area contributed by atoms with Crippen molar-refractivity contribution in [3.63, 3.8) is 0 Å². The highest BCUT2D eigenvalue weighted by molar-refractivity contribution is 5.97. The maximum absolute atomic E-state index is 9.78. The highest BCUT2D eigenvalue weighted by Crippen LogP contribution is 2.33. The van der Waals surface area contributed by atoms with Gasteiger partial charge in [0.2, 0.25) is 0 Å². The number of phenols is 1. The van der Waals surface area contributed by atoms with Crippen molar-refractivity contribution in [3.05, 3.63) is 84.4 Å². The van der Waals surface area contributed by atoms with Gasteiger partial charge in [0.25, 0.3) is 0 Å². The molecule has 0 amide bonds. The van der Waals surface area contributed by atoms with Crippen molar-refractivity contribution in [2.45, 2.75) is 6.92 Å². The van der Waals surface area contributed by atoms with Crippen LogP contribution in [0.15, 0.2) is 78.9 Å². The largest absolute Gasteiger partial charge is 0.508 e. The fourth-order valence-corrected chi connectivity index (χ4v) is 3.01. The first-order valence-corrected chi connectivity index (χ1v) is 7.97. The van der Waals surface area contributed by atoms with Crippen LogP contribution in [0.4, 0.5) is 0 Å². The molecule has 1 heterocycles. The van der Waals surface area contributed by atoms with Crippen molar-refractivity contribution >= 4 is 10.9 Å². The van der Waals surface area contributed by atoms with E-state index in [1.807, 2.05) is 30.3 Å². The van der Waals surface area contributed by atoms with Crippen LogP contribution in [0.5, 0.6) is 5.75 Å². The summed E-state index contributed by atoms with van der Waals surface area (Å²) in [7, 11) is 0. The van der Waals surface area contributed by atoms with Crippen molar-refractivity contribution in [2.24, 2.45) is 0 Å². The Morgan fingerprint density at radius 3 is 2.33 bits per heavy atom. The van der Waals surface area contributed by atoms with Crippen LogP contribution in [-0.2, 0) is 0 Å². The van der Waals surface area contributed by atoms with Crippen molar-refractivity contribution in [1.82, 2.24) is 4.98 Å². The molecule has 0 saturated heterocycles. The number of pyridine rings is 1. The molecule has 0 aliphatic carbocycles. The number of aromatic nitrogens is 1. The highest BCUT2D eigenvalue weighted by atomic mass is 16.3. The fourth-order valence-electron chi connectivity index (χ4n) is 3.01. The summed E-state index contributed by atoms with van der Waals surface area (Å²) >= 11 is 0. The molecule has 1 N–H and O–H groups in total. The summed E-state index contributed by atoms with van der Waals surface area (Å²) in [4.78, 5) is 4.80. The number of phenolic OH excluding ortho intramolecular Hbond substituents is 1. The van der Waals surface area contributed by atoms with E-state index < -0.39 is 0 Å². The standard InChI is InChI=1S/C22H17NO/c1-15-10-11-21-20(12-15)19(16-6-3-2-4-7-16)14-22(23-21)17-8-5-9-18(24)13-17/h2-14,24H,1H3. The lowest BCUT2D eigenvalue weighted by molar-refractivity contribution is 0.475. The number of hydrogen-bond donors (Lipinski definition) is 1. The van der Waals surface area contributed by atoms with E-state index in [9.17, 15) is 5.11 Å². The molecule has 0 bridgehead atoms. The zero-order valence-corrected chi connectivity index (χ0v) is 13.4. The summed E-state index contributed by atoms with van der Waals surface area (Å²) in [6.07, 6.45) is 0. The van der Waals surface area contributed by atoms with Crippen molar-refractivity contribution in [1.29, 1.82) is 0 Å². The van der Waals surface area contributed by atoms with E-state index in [1.165, 1.54) is 5.56 Å². The predicted molar refractivity (Wildman–Crippen MR) is 99.0 cm³/mol. The van der Waals surface area contributed by atoms with Crippen LogP contribution in [0.1, 0.15) is 5.56 Å². The summed E-state index contributed by atoms with van der Waals surface area (Å²) in [6.45, 7) is 2.09. The van der Waals surface area contributed by atoms with Gasteiger partial charge in [0.05, 0.1) is 11.2 Å². The molecule has 2 heteroatoms. The Morgan fingerprint density at radius 2 is 1.54 bits per heavy atom. The van der Waals surface area contributed by atoms with Gasteiger partial charge in [0.1, 0.15) is 5.75 Å². The molecule has 0 aliphatic rings. The molecular weight excluding hydrogens is 294 g/mol. The summed E-state index contributed by atoms with van der Waals surface area (Å²) in [5.74, 6) is 0.250. The van der Waals surface area contributed by atoms with Crippen LogP contribution < -0.4 is 0 Å². The molecule has 4 aromatic rings.